The molecule has 0 spiro atoms. The van der Waals surface area contributed by atoms with Crippen molar-refractivity contribution in [3.05, 3.63) is 0 Å². The summed E-state index contributed by atoms with van der Waals surface area (Å²) in [6.07, 6.45) is -0.692. The zero-order valence-electron chi connectivity index (χ0n) is 25.4. The van der Waals surface area contributed by atoms with Gasteiger partial charge < -0.3 is 38.6 Å². The van der Waals surface area contributed by atoms with Crippen molar-refractivity contribution in [2.75, 3.05) is 47.5 Å². The molecule has 0 radical (unpaired) electrons. The van der Waals surface area contributed by atoms with E-state index >= 15 is 0 Å². The van der Waals surface area contributed by atoms with Crippen LogP contribution >= 0.6 is 0 Å². The molecule has 0 aromatic carbocycles. The van der Waals surface area contributed by atoms with Gasteiger partial charge in [0.05, 0.1) is 45.0 Å². The van der Waals surface area contributed by atoms with Gasteiger partial charge in [-0.05, 0) is 54.4 Å². The number of rotatable bonds is 4. The first kappa shape index (κ1) is 35.4. The largest absolute Gasteiger partial charge is 0.481 e. The highest BCUT2D eigenvalue weighted by atomic mass is 16.6. The fourth-order valence-corrected chi connectivity index (χ4v) is 4.34. The second-order valence-electron chi connectivity index (χ2n) is 11.9. The second-order valence-corrected chi connectivity index (χ2v) is 11.9. The molecule has 14 nitrogen and oxygen atoms in total. The van der Waals surface area contributed by atoms with Crippen LogP contribution in [0.2, 0.25) is 0 Å². The van der Waals surface area contributed by atoms with Crippen LogP contribution in [0.25, 0.3) is 0 Å². The molecule has 2 amide bonds. The molecule has 0 unspecified atom stereocenters. The monoisotopic (exact) mass is 588 g/mol. The minimum Gasteiger partial charge on any atom is -0.481 e. The normalized spacial score (nSPS) is 22.8. The SMILES string of the molecule is COC(=O)[C@@H]1C[C@@H](C(=O)O)CN(C(=O)OC(C)(C)C)C1.COC(=O)[C@@H]1C[C@@H](C(=O)OC)CN(C(=O)OC(C)(C)C)C1. The Hall–Kier alpha value is -3.58. The maximum Gasteiger partial charge on any atom is 0.410 e. The number of piperidine rings is 2. The van der Waals surface area contributed by atoms with Gasteiger partial charge in [0.2, 0.25) is 0 Å². The molecule has 0 aromatic heterocycles. The van der Waals surface area contributed by atoms with Crippen molar-refractivity contribution in [3.8, 4) is 0 Å². The fraction of sp³-hybridized carbons (Fsp3) is 0.778. The van der Waals surface area contributed by atoms with Crippen LogP contribution in [0.4, 0.5) is 9.59 Å². The van der Waals surface area contributed by atoms with Crippen LogP contribution in [0.1, 0.15) is 54.4 Å². The van der Waals surface area contributed by atoms with E-state index in [-0.39, 0.29) is 32.6 Å². The first-order valence-electron chi connectivity index (χ1n) is 13.2. The number of carbonyl (C=O) groups is 6. The number of carboxylic acid groups (broad SMARTS) is 1. The van der Waals surface area contributed by atoms with E-state index in [9.17, 15) is 28.8 Å². The van der Waals surface area contributed by atoms with Crippen molar-refractivity contribution in [2.45, 2.75) is 65.6 Å². The van der Waals surface area contributed by atoms with E-state index in [1.54, 1.807) is 41.5 Å². The molecule has 2 saturated heterocycles. The van der Waals surface area contributed by atoms with Gasteiger partial charge in [-0.25, -0.2) is 9.59 Å². The number of carbonyl (C=O) groups excluding carboxylic acids is 5. The van der Waals surface area contributed by atoms with Gasteiger partial charge in [0.1, 0.15) is 11.2 Å². The molecule has 0 aliphatic carbocycles. The quantitative estimate of drug-likeness (QED) is 0.375. The Morgan fingerprint density at radius 1 is 0.561 bits per heavy atom. The van der Waals surface area contributed by atoms with E-state index in [4.69, 9.17) is 24.1 Å². The number of aliphatic carboxylic acids is 1. The Morgan fingerprint density at radius 2 is 0.829 bits per heavy atom. The number of esters is 3. The molecule has 41 heavy (non-hydrogen) atoms. The van der Waals surface area contributed by atoms with Crippen LogP contribution in [0, 0.1) is 23.7 Å². The number of hydrogen-bond acceptors (Lipinski definition) is 11. The first-order valence-corrected chi connectivity index (χ1v) is 13.2. The van der Waals surface area contributed by atoms with Gasteiger partial charge in [0, 0.05) is 26.2 Å². The fourth-order valence-electron chi connectivity index (χ4n) is 4.34. The van der Waals surface area contributed by atoms with Crippen molar-refractivity contribution in [1.82, 2.24) is 9.80 Å². The number of carboxylic acids is 1. The summed E-state index contributed by atoms with van der Waals surface area (Å²) >= 11 is 0. The summed E-state index contributed by atoms with van der Waals surface area (Å²) in [6, 6.07) is 0. The zero-order valence-corrected chi connectivity index (χ0v) is 25.4. The molecule has 2 rings (SSSR count). The van der Waals surface area contributed by atoms with E-state index in [2.05, 4.69) is 4.74 Å². The molecule has 1 N–H and O–H groups in total. The molecule has 14 heteroatoms. The van der Waals surface area contributed by atoms with Crippen molar-refractivity contribution >= 4 is 36.1 Å². The van der Waals surface area contributed by atoms with Gasteiger partial charge >= 0.3 is 36.1 Å². The van der Waals surface area contributed by atoms with Crippen LogP contribution in [-0.2, 0) is 42.9 Å². The van der Waals surface area contributed by atoms with Crippen LogP contribution in [-0.4, -0.2) is 110 Å². The van der Waals surface area contributed by atoms with Gasteiger partial charge in [-0.2, -0.15) is 0 Å². The van der Waals surface area contributed by atoms with Gasteiger partial charge in [-0.1, -0.05) is 0 Å². The lowest BCUT2D eigenvalue weighted by Crippen LogP contribution is -2.50. The molecule has 234 valence electrons. The van der Waals surface area contributed by atoms with Gasteiger partial charge in [-0.3, -0.25) is 19.2 Å². The summed E-state index contributed by atoms with van der Waals surface area (Å²) in [6.45, 7) is 10.9. The molecule has 4 atom stereocenters. The highest BCUT2D eigenvalue weighted by Gasteiger charge is 2.40. The van der Waals surface area contributed by atoms with Crippen LogP contribution < -0.4 is 0 Å². The molecular weight excluding hydrogens is 544 g/mol. The lowest BCUT2D eigenvalue weighted by Gasteiger charge is -2.36. The Morgan fingerprint density at radius 3 is 1.07 bits per heavy atom. The summed E-state index contributed by atoms with van der Waals surface area (Å²) in [5.74, 6) is -4.98. The van der Waals surface area contributed by atoms with E-state index in [1.165, 1.54) is 31.1 Å². The summed E-state index contributed by atoms with van der Waals surface area (Å²) in [7, 11) is 3.80. The summed E-state index contributed by atoms with van der Waals surface area (Å²) < 4.78 is 24.5. The lowest BCUT2D eigenvalue weighted by molar-refractivity contribution is -0.154. The molecule has 2 fully saturated rings. The zero-order chi connectivity index (χ0) is 31.7. The summed E-state index contributed by atoms with van der Waals surface area (Å²) in [5, 5.41) is 9.11. The van der Waals surface area contributed by atoms with Gasteiger partial charge in [-0.15, -0.1) is 0 Å². The van der Waals surface area contributed by atoms with Crippen LogP contribution in [0.15, 0.2) is 0 Å². The predicted molar refractivity (Wildman–Crippen MR) is 142 cm³/mol. The number of likely N-dealkylation sites (tertiary alicyclic amines) is 2. The molecule has 2 aliphatic heterocycles. The van der Waals surface area contributed by atoms with Crippen LogP contribution in [0.3, 0.4) is 0 Å². The van der Waals surface area contributed by atoms with E-state index in [0.717, 1.165) is 0 Å². The van der Waals surface area contributed by atoms with Gasteiger partial charge in [0.25, 0.3) is 0 Å². The van der Waals surface area contributed by atoms with Crippen LogP contribution in [0.5, 0.6) is 0 Å². The smallest absolute Gasteiger partial charge is 0.410 e. The van der Waals surface area contributed by atoms with Crippen molar-refractivity contribution in [1.29, 1.82) is 0 Å². The number of ether oxygens (including phenoxy) is 5. The number of amides is 2. The molecule has 0 bridgehead atoms. The first-order chi connectivity index (χ1) is 18.8. The lowest BCUT2D eigenvalue weighted by atomic mass is 9.89. The minimum absolute atomic E-state index is 0.0394. The number of nitrogens with zero attached hydrogens (tertiary/aromatic N) is 2. The molecule has 2 aliphatic rings. The van der Waals surface area contributed by atoms with E-state index < -0.39 is 70.9 Å². The van der Waals surface area contributed by atoms with E-state index in [1.807, 2.05) is 0 Å². The topological polar surface area (TPSA) is 175 Å². The highest BCUT2D eigenvalue weighted by molar-refractivity contribution is 5.79. The Balaban J connectivity index is 0.000000410. The summed E-state index contributed by atoms with van der Waals surface area (Å²) in [5.41, 5.74) is -1.32. The standard InChI is InChI=1S/C14H23NO6.C13H21NO6/c1-14(2,3)21-13(18)15-7-9(11(16)19-4)6-10(8-15)12(17)20-5;1-13(2,3)20-12(18)14-6-8(10(15)16)5-9(7-14)11(17)19-4/h9-10H,6-8H2,1-5H3;8-9H,5-7H2,1-4H3,(H,15,16)/t9-,10-;8-,9-/m11/s1. The molecular formula is C27H44N2O12. The molecule has 2 heterocycles. The number of hydrogen-bond donors (Lipinski definition) is 1. The average molecular weight is 589 g/mol. The third-order valence-electron chi connectivity index (χ3n) is 6.16. The molecule has 0 aromatic rings. The van der Waals surface area contributed by atoms with Crippen molar-refractivity contribution in [3.63, 3.8) is 0 Å². The third kappa shape index (κ3) is 11.8. The maximum absolute atomic E-state index is 12.1. The van der Waals surface area contributed by atoms with Crippen molar-refractivity contribution < 1.29 is 57.6 Å². The Labute approximate surface area is 240 Å². The average Bonchev–Trinajstić information content (AvgIpc) is 2.89. The number of methoxy groups -OCH3 is 3. The molecule has 0 saturated carbocycles. The van der Waals surface area contributed by atoms with Crippen molar-refractivity contribution in [2.24, 2.45) is 23.7 Å². The highest BCUT2D eigenvalue weighted by Crippen LogP contribution is 2.26. The Bertz CT molecular complexity index is 944. The van der Waals surface area contributed by atoms with E-state index in [0.29, 0.717) is 6.42 Å². The summed E-state index contributed by atoms with van der Waals surface area (Å²) in [4.78, 5) is 72.9. The third-order valence-corrected chi connectivity index (χ3v) is 6.16. The Kier molecular flexibility index (Phi) is 12.9. The predicted octanol–water partition coefficient (Wildman–Crippen LogP) is 2.32. The maximum atomic E-state index is 12.1. The minimum atomic E-state index is -1.04. The van der Waals surface area contributed by atoms with Gasteiger partial charge in [0.15, 0.2) is 0 Å². The second kappa shape index (κ2) is 14.9.